The zero-order chi connectivity index (χ0) is 16.6. The Morgan fingerprint density at radius 2 is 1.78 bits per heavy atom. The van der Waals surface area contributed by atoms with Crippen LogP contribution in [0.1, 0.15) is 0 Å². The van der Waals surface area contributed by atoms with E-state index >= 15 is 0 Å². The van der Waals surface area contributed by atoms with Gasteiger partial charge in [0, 0.05) is 17.5 Å². The maximum atomic E-state index is 13.1. The SMILES string of the molecule is O=c1ccc2ccc(OS(=O)(=O)c3ccc(F)c(Cl)c3)cc2o1. The second-order valence-electron chi connectivity index (χ2n) is 4.57. The number of hydrogen-bond acceptors (Lipinski definition) is 5. The lowest BCUT2D eigenvalue weighted by Gasteiger charge is -2.08. The maximum absolute atomic E-state index is 13.1. The number of rotatable bonds is 3. The molecule has 5 nitrogen and oxygen atoms in total. The maximum Gasteiger partial charge on any atom is 0.339 e. The molecule has 0 saturated carbocycles. The predicted octanol–water partition coefficient (Wildman–Crippen LogP) is 3.35. The summed E-state index contributed by atoms with van der Waals surface area (Å²) < 4.78 is 47.4. The van der Waals surface area contributed by atoms with Gasteiger partial charge in [0.05, 0.1) is 5.02 Å². The Bertz CT molecular complexity index is 1060. The van der Waals surface area contributed by atoms with Gasteiger partial charge in [0.1, 0.15) is 22.0 Å². The van der Waals surface area contributed by atoms with Crippen LogP contribution in [0.2, 0.25) is 5.02 Å². The van der Waals surface area contributed by atoms with Crippen LogP contribution in [0.4, 0.5) is 4.39 Å². The average molecular weight is 355 g/mol. The van der Waals surface area contributed by atoms with Crippen molar-refractivity contribution in [3.63, 3.8) is 0 Å². The molecule has 3 rings (SSSR count). The molecule has 0 atom stereocenters. The average Bonchev–Trinajstić information content (AvgIpc) is 2.49. The molecule has 3 aromatic rings. The van der Waals surface area contributed by atoms with Crippen LogP contribution in [0, 0.1) is 5.82 Å². The molecule has 0 aliphatic carbocycles. The summed E-state index contributed by atoms with van der Waals surface area (Å²) in [6, 6.07) is 9.94. The zero-order valence-corrected chi connectivity index (χ0v) is 12.9. The van der Waals surface area contributed by atoms with Gasteiger partial charge in [-0.15, -0.1) is 0 Å². The van der Waals surface area contributed by atoms with E-state index in [1.807, 2.05) is 0 Å². The van der Waals surface area contributed by atoms with Gasteiger partial charge in [-0.3, -0.25) is 0 Å². The number of fused-ring (bicyclic) bond motifs is 1. The Hall–Kier alpha value is -2.38. The molecule has 1 heterocycles. The van der Waals surface area contributed by atoms with Crippen molar-refractivity contribution >= 4 is 32.7 Å². The molecule has 0 spiro atoms. The van der Waals surface area contributed by atoms with Crippen LogP contribution in [0.15, 0.2) is 62.6 Å². The van der Waals surface area contributed by atoms with E-state index in [0.717, 1.165) is 18.2 Å². The fourth-order valence-electron chi connectivity index (χ4n) is 1.90. The first-order valence-electron chi connectivity index (χ1n) is 6.29. The van der Waals surface area contributed by atoms with Crippen molar-refractivity contribution in [2.24, 2.45) is 0 Å². The van der Waals surface area contributed by atoms with Crippen molar-refractivity contribution in [3.05, 3.63) is 69.8 Å². The fraction of sp³-hybridized carbons (Fsp3) is 0. The van der Waals surface area contributed by atoms with Gasteiger partial charge in [-0.25, -0.2) is 9.18 Å². The standard InChI is InChI=1S/C15H8ClFO5S/c16-12-8-11(4-5-13(12)17)23(19,20)22-10-3-1-9-2-6-15(18)21-14(9)7-10/h1-8H. The molecule has 0 unspecified atom stereocenters. The van der Waals surface area contributed by atoms with Gasteiger partial charge in [-0.2, -0.15) is 8.42 Å². The van der Waals surface area contributed by atoms with Crippen molar-refractivity contribution in [2.75, 3.05) is 0 Å². The monoisotopic (exact) mass is 354 g/mol. The van der Waals surface area contributed by atoms with Crippen molar-refractivity contribution in [1.82, 2.24) is 0 Å². The molecule has 118 valence electrons. The van der Waals surface area contributed by atoms with Crippen LogP contribution in [0.5, 0.6) is 5.75 Å². The molecule has 0 radical (unpaired) electrons. The highest BCUT2D eigenvalue weighted by molar-refractivity contribution is 7.87. The summed E-state index contributed by atoms with van der Waals surface area (Å²) in [5.74, 6) is -0.787. The molecule has 8 heteroatoms. The molecule has 0 aliphatic heterocycles. The largest absolute Gasteiger partial charge is 0.423 e. The smallest absolute Gasteiger partial charge is 0.339 e. The van der Waals surface area contributed by atoms with E-state index in [-0.39, 0.29) is 21.3 Å². The van der Waals surface area contributed by atoms with Crippen LogP contribution in [-0.4, -0.2) is 8.42 Å². The first kappa shape index (κ1) is 15.5. The van der Waals surface area contributed by atoms with Crippen molar-refractivity contribution in [1.29, 1.82) is 0 Å². The molecular formula is C15H8ClFO5S. The van der Waals surface area contributed by atoms with E-state index in [1.54, 1.807) is 12.1 Å². The van der Waals surface area contributed by atoms with Crippen LogP contribution < -0.4 is 9.81 Å². The zero-order valence-electron chi connectivity index (χ0n) is 11.3. The minimum Gasteiger partial charge on any atom is -0.423 e. The van der Waals surface area contributed by atoms with Gasteiger partial charge in [0.15, 0.2) is 0 Å². The lowest BCUT2D eigenvalue weighted by Crippen LogP contribution is -2.10. The first-order chi connectivity index (χ1) is 10.8. The van der Waals surface area contributed by atoms with Crippen molar-refractivity contribution < 1.29 is 21.4 Å². The van der Waals surface area contributed by atoms with E-state index in [4.69, 9.17) is 20.2 Å². The van der Waals surface area contributed by atoms with E-state index in [9.17, 15) is 17.6 Å². The molecule has 0 saturated heterocycles. The van der Waals surface area contributed by atoms with Gasteiger partial charge < -0.3 is 8.60 Å². The third-order valence-electron chi connectivity index (χ3n) is 2.98. The lowest BCUT2D eigenvalue weighted by atomic mass is 10.2. The number of benzene rings is 2. The Labute approximate surface area is 135 Å². The Morgan fingerprint density at radius 3 is 2.52 bits per heavy atom. The molecular weight excluding hydrogens is 347 g/mol. The molecule has 0 fully saturated rings. The molecule has 0 amide bonds. The highest BCUT2D eigenvalue weighted by Crippen LogP contribution is 2.25. The lowest BCUT2D eigenvalue weighted by molar-refractivity contribution is 0.485. The van der Waals surface area contributed by atoms with E-state index in [0.29, 0.717) is 5.39 Å². The van der Waals surface area contributed by atoms with Crippen LogP contribution in [0.25, 0.3) is 11.0 Å². The molecule has 23 heavy (non-hydrogen) atoms. The van der Waals surface area contributed by atoms with Crippen molar-refractivity contribution in [2.45, 2.75) is 4.90 Å². The summed E-state index contributed by atoms with van der Waals surface area (Å²) >= 11 is 5.57. The van der Waals surface area contributed by atoms with Gasteiger partial charge >= 0.3 is 15.7 Å². The Morgan fingerprint density at radius 1 is 1.04 bits per heavy atom. The van der Waals surface area contributed by atoms with E-state index in [1.165, 1.54) is 18.2 Å². The van der Waals surface area contributed by atoms with E-state index < -0.39 is 21.6 Å². The summed E-state index contributed by atoms with van der Waals surface area (Å²) in [5, 5.41) is 0.276. The minimum atomic E-state index is -4.20. The Kier molecular flexibility index (Phi) is 3.83. The van der Waals surface area contributed by atoms with Crippen LogP contribution in [-0.2, 0) is 10.1 Å². The third-order valence-corrected chi connectivity index (χ3v) is 4.51. The van der Waals surface area contributed by atoms with Gasteiger partial charge in [-0.05, 0) is 36.4 Å². The molecule has 0 aliphatic rings. The topological polar surface area (TPSA) is 73.6 Å². The van der Waals surface area contributed by atoms with E-state index in [2.05, 4.69) is 0 Å². The van der Waals surface area contributed by atoms with Gasteiger partial charge in [0.25, 0.3) is 0 Å². The van der Waals surface area contributed by atoms with Crippen LogP contribution >= 0.6 is 11.6 Å². The summed E-state index contributed by atoms with van der Waals surface area (Å²) in [6.45, 7) is 0. The van der Waals surface area contributed by atoms with Gasteiger partial charge in [0.2, 0.25) is 0 Å². The summed E-state index contributed by atoms with van der Waals surface area (Å²) in [6.07, 6.45) is 0. The summed E-state index contributed by atoms with van der Waals surface area (Å²) in [4.78, 5) is 10.9. The number of hydrogen-bond donors (Lipinski definition) is 0. The molecule has 2 aromatic carbocycles. The second-order valence-corrected chi connectivity index (χ2v) is 6.52. The Balaban J connectivity index is 1.99. The predicted molar refractivity (Wildman–Crippen MR) is 81.7 cm³/mol. The van der Waals surface area contributed by atoms with Crippen molar-refractivity contribution in [3.8, 4) is 5.75 Å². The van der Waals surface area contributed by atoms with Gasteiger partial charge in [-0.1, -0.05) is 11.6 Å². The fourth-order valence-corrected chi connectivity index (χ4v) is 3.10. The summed E-state index contributed by atoms with van der Waals surface area (Å²) in [7, 11) is -4.20. The molecule has 1 aromatic heterocycles. The highest BCUT2D eigenvalue weighted by atomic mass is 35.5. The number of halogens is 2. The molecule has 0 bridgehead atoms. The highest BCUT2D eigenvalue weighted by Gasteiger charge is 2.18. The quantitative estimate of drug-likeness (QED) is 0.532. The third kappa shape index (κ3) is 3.20. The second kappa shape index (κ2) is 5.68. The first-order valence-corrected chi connectivity index (χ1v) is 8.07. The minimum absolute atomic E-state index is 0.0488. The van der Waals surface area contributed by atoms with Crippen LogP contribution in [0.3, 0.4) is 0 Å². The normalized spacial score (nSPS) is 11.6. The molecule has 0 N–H and O–H groups in total. The summed E-state index contributed by atoms with van der Waals surface area (Å²) in [5.41, 5.74) is -0.384.